The summed E-state index contributed by atoms with van der Waals surface area (Å²) in [5.74, 6) is 1.66. The summed E-state index contributed by atoms with van der Waals surface area (Å²) in [5, 5.41) is 0.523. The monoisotopic (exact) mass is 381 g/mol. The quantitative estimate of drug-likeness (QED) is 0.674. The fraction of sp³-hybridized carbons (Fsp3) is 0.316. The zero-order valence-electron chi connectivity index (χ0n) is 14.9. The van der Waals surface area contributed by atoms with Crippen LogP contribution in [0.1, 0.15) is 35.7 Å². The second-order valence-electron chi connectivity index (χ2n) is 6.10. The summed E-state index contributed by atoms with van der Waals surface area (Å²) in [4.78, 5) is 13.7. The fourth-order valence-electron chi connectivity index (χ4n) is 2.38. The fourth-order valence-corrected chi connectivity index (χ4v) is 2.91. The first-order valence-corrected chi connectivity index (χ1v) is 8.57. The third-order valence-corrected chi connectivity index (χ3v) is 4.40. The van der Waals surface area contributed by atoms with Gasteiger partial charge in [-0.15, -0.1) is 0 Å². The molecule has 0 aromatic heterocycles. The van der Waals surface area contributed by atoms with Crippen LogP contribution in [0.4, 0.5) is 0 Å². The van der Waals surface area contributed by atoms with Crippen LogP contribution in [0.3, 0.4) is 0 Å². The van der Waals surface area contributed by atoms with Gasteiger partial charge in [0.2, 0.25) is 0 Å². The smallest absolute Gasteiger partial charge is 0.254 e. The highest BCUT2D eigenvalue weighted by Crippen LogP contribution is 2.40. The minimum absolute atomic E-state index is 0.188. The Kier molecular flexibility index (Phi) is 6.20. The number of hydrogen-bond acceptors (Lipinski definition) is 3. The van der Waals surface area contributed by atoms with Crippen LogP contribution in [0.25, 0.3) is 0 Å². The van der Waals surface area contributed by atoms with E-state index in [1.54, 1.807) is 39.4 Å². The summed E-state index contributed by atoms with van der Waals surface area (Å²) in [6.45, 7) is 4.13. The van der Waals surface area contributed by atoms with E-state index < -0.39 is 0 Å². The van der Waals surface area contributed by atoms with E-state index in [0.29, 0.717) is 16.3 Å². The van der Waals surface area contributed by atoms with Gasteiger partial charge in [0.1, 0.15) is 11.5 Å². The Bertz CT molecular complexity index is 788. The SMILES string of the molecule is COc1ccc(Oc2c(Cl)ccc(C(=O)N(C)C)c2Cl)cc1C(C)C. The van der Waals surface area contributed by atoms with Crippen molar-refractivity contribution in [1.82, 2.24) is 4.90 Å². The van der Waals surface area contributed by atoms with Crippen molar-refractivity contribution >= 4 is 29.1 Å². The molecule has 0 aliphatic carbocycles. The molecule has 2 aromatic carbocycles. The molecule has 0 spiro atoms. The molecule has 1 amide bonds. The van der Waals surface area contributed by atoms with Crippen LogP contribution in [0, 0.1) is 0 Å². The number of carbonyl (C=O) groups is 1. The molecule has 0 aliphatic heterocycles. The number of methoxy groups -OCH3 is 1. The van der Waals surface area contributed by atoms with Gasteiger partial charge < -0.3 is 14.4 Å². The molecule has 134 valence electrons. The predicted octanol–water partition coefficient (Wildman–Crippen LogP) is 5.62. The maximum Gasteiger partial charge on any atom is 0.254 e. The first-order valence-electron chi connectivity index (χ1n) is 7.81. The molecule has 2 aromatic rings. The molecule has 0 saturated carbocycles. The maximum atomic E-state index is 12.2. The van der Waals surface area contributed by atoms with E-state index in [1.807, 2.05) is 12.1 Å². The van der Waals surface area contributed by atoms with Gasteiger partial charge in [0.15, 0.2) is 5.75 Å². The molecule has 2 rings (SSSR count). The molecule has 0 N–H and O–H groups in total. The van der Waals surface area contributed by atoms with E-state index in [2.05, 4.69) is 13.8 Å². The van der Waals surface area contributed by atoms with Gasteiger partial charge >= 0.3 is 0 Å². The van der Waals surface area contributed by atoms with Gasteiger partial charge in [-0.3, -0.25) is 4.79 Å². The summed E-state index contributed by atoms with van der Waals surface area (Å²) in [5.41, 5.74) is 1.34. The Morgan fingerprint density at radius 3 is 2.36 bits per heavy atom. The lowest BCUT2D eigenvalue weighted by atomic mass is 10.0. The van der Waals surface area contributed by atoms with Crippen molar-refractivity contribution in [3.8, 4) is 17.2 Å². The Labute approximate surface area is 158 Å². The van der Waals surface area contributed by atoms with Crippen LogP contribution in [0.15, 0.2) is 30.3 Å². The van der Waals surface area contributed by atoms with Gasteiger partial charge in [-0.2, -0.15) is 0 Å². The van der Waals surface area contributed by atoms with Crippen molar-refractivity contribution in [1.29, 1.82) is 0 Å². The zero-order chi connectivity index (χ0) is 18.7. The van der Waals surface area contributed by atoms with E-state index in [-0.39, 0.29) is 22.6 Å². The van der Waals surface area contributed by atoms with E-state index in [0.717, 1.165) is 11.3 Å². The minimum atomic E-state index is -0.218. The molecule has 25 heavy (non-hydrogen) atoms. The highest BCUT2D eigenvalue weighted by atomic mass is 35.5. The van der Waals surface area contributed by atoms with Crippen LogP contribution < -0.4 is 9.47 Å². The minimum Gasteiger partial charge on any atom is -0.496 e. The molecule has 0 atom stereocenters. The van der Waals surface area contributed by atoms with Gasteiger partial charge in [-0.25, -0.2) is 0 Å². The molecule has 0 fully saturated rings. The zero-order valence-corrected chi connectivity index (χ0v) is 16.4. The predicted molar refractivity (Wildman–Crippen MR) is 102 cm³/mol. The number of benzene rings is 2. The molecule has 0 aliphatic rings. The Hall–Kier alpha value is -1.91. The lowest BCUT2D eigenvalue weighted by molar-refractivity contribution is 0.0827. The topological polar surface area (TPSA) is 38.8 Å². The summed E-state index contributed by atoms with van der Waals surface area (Å²) in [7, 11) is 4.95. The molecule has 4 nitrogen and oxygen atoms in total. The average Bonchev–Trinajstić information content (AvgIpc) is 2.57. The second-order valence-corrected chi connectivity index (χ2v) is 6.88. The summed E-state index contributed by atoms with van der Waals surface area (Å²) in [6, 6.07) is 8.69. The van der Waals surface area contributed by atoms with Crippen molar-refractivity contribution in [2.45, 2.75) is 19.8 Å². The highest BCUT2D eigenvalue weighted by molar-refractivity contribution is 6.39. The van der Waals surface area contributed by atoms with Gasteiger partial charge in [0.05, 0.1) is 22.7 Å². The van der Waals surface area contributed by atoms with Crippen LogP contribution >= 0.6 is 23.2 Å². The van der Waals surface area contributed by atoms with Crippen molar-refractivity contribution in [3.05, 3.63) is 51.5 Å². The van der Waals surface area contributed by atoms with Gasteiger partial charge in [0, 0.05) is 19.7 Å². The van der Waals surface area contributed by atoms with Gasteiger partial charge in [-0.1, -0.05) is 37.0 Å². The number of carbonyl (C=O) groups excluding carboxylic acids is 1. The Morgan fingerprint density at radius 2 is 1.80 bits per heavy atom. The summed E-state index contributed by atoms with van der Waals surface area (Å²) in [6.07, 6.45) is 0. The standard InChI is InChI=1S/C19H21Cl2NO3/c1-11(2)14-10-12(6-9-16(14)24-5)25-18-15(20)8-7-13(17(18)21)19(23)22(3)4/h6-11H,1-5H3. The number of hydrogen-bond donors (Lipinski definition) is 0. The van der Waals surface area contributed by atoms with Gasteiger partial charge in [-0.05, 0) is 36.2 Å². The van der Waals surface area contributed by atoms with Crippen molar-refractivity contribution in [2.24, 2.45) is 0 Å². The van der Waals surface area contributed by atoms with Crippen molar-refractivity contribution < 1.29 is 14.3 Å². The van der Waals surface area contributed by atoms with Crippen LogP contribution in [0.2, 0.25) is 10.0 Å². The molecule has 0 heterocycles. The first-order chi connectivity index (χ1) is 11.8. The lowest BCUT2D eigenvalue weighted by Gasteiger charge is -2.17. The van der Waals surface area contributed by atoms with Crippen molar-refractivity contribution in [3.63, 3.8) is 0 Å². The largest absolute Gasteiger partial charge is 0.496 e. The Morgan fingerprint density at radius 1 is 1.12 bits per heavy atom. The van der Waals surface area contributed by atoms with E-state index >= 15 is 0 Å². The lowest BCUT2D eigenvalue weighted by Crippen LogP contribution is -2.22. The Balaban J connectivity index is 2.45. The molecule has 0 bridgehead atoms. The van der Waals surface area contributed by atoms with Crippen LogP contribution in [-0.4, -0.2) is 32.0 Å². The third-order valence-electron chi connectivity index (χ3n) is 3.73. The first kappa shape index (κ1) is 19.4. The molecule has 0 unspecified atom stereocenters. The summed E-state index contributed by atoms with van der Waals surface area (Å²) < 4.78 is 11.3. The highest BCUT2D eigenvalue weighted by Gasteiger charge is 2.20. The van der Waals surface area contributed by atoms with Gasteiger partial charge in [0.25, 0.3) is 5.91 Å². The van der Waals surface area contributed by atoms with E-state index in [4.69, 9.17) is 32.7 Å². The molecular weight excluding hydrogens is 361 g/mol. The molecule has 6 heteroatoms. The summed E-state index contributed by atoms with van der Waals surface area (Å²) >= 11 is 12.6. The van der Waals surface area contributed by atoms with Crippen LogP contribution in [-0.2, 0) is 0 Å². The number of rotatable bonds is 5. The molecule has 0 saturated heterocycles. The third kappa shape index (κ3) is 4.20. The normalized spacial score (nSPS) is 10.7. The number of nitrogens with zero attached hydrogens (tertiary/aromatic N) is 1. The van der Waals surface area contributed by atoms with E-state index in [1.165, 1.54) is 4.90 Å². The average molecular weight is 382 g/mol. The number of amides is 1. The molecular formula is C19H21Cl2NO3. The number of ether oxygens (including phenoxy) is 2. The second kappa shape index (κ2) is 7.98. The van der Waals surface area contributed by atoms with E-state index in [9.17, 15) is 4.79 Å². The van der Waals surface area contributed by atoms with Crippen LogP contribution in [0.5, 0.6) is 17.2 Å². The maximum absolute atomic E-state index is 12.2. The number of halogens is 2. The molecule has 0 radical (unpaired) electrons. The van der Waals surface area contributed by atoms with Crippen molar-refractivity contribution in [2.75, 3.05) is 21.2 Å².